The predicted molar refractivity (Wildman–Crippen MR) is 111 cm³/mol. The molecule has 0 aliphatic carbocycles. The molecule has 1 fully saturated rings. The largest absolute Gasteiger partial charge is 0.377 e. The SMILES string of the molecule is CC1COCCN1c1cc(-c2cccc3[nH]ccc23)nc(-c2ccnn2C)c1. The van der Waals surface area contributed by atoms with Crippen LogP contribution in [-0.4, -0.2) is 45.5 Å². The summed E-state index contributed by atoms with van der Waals surface area (Å²) in [6.07, 6.45) is 3.79. The second kappa shape index (κ2) is 6.80. The number of fused-ring (bicyclic) bond motifs is 1. The van der Waals surface area contributed by atoms with Crippen molar-refractivity contribution < 1.29 is 4.74 Å². The highest BCUT2D eigenvalue weighted by Gasteiger charge is 2.21. The lowest BCUT2D eigenvalue weighted by Crippen LogP contribution is -2.43. The van der Waals surface area contributed by atoms with Crippen LogP contribution in [0.15, 0.2) is 54.9 Å². The lowest BCUT2D eigenvalue weighted by Gasteiger charge is -2.35. The fraction of sp³-hybridized carbons (Fsp3) is 0.273. The van der Waals surface area contributed by atoms with Gasteiger partial charge in [0.1, 0.15) is 0 Å². The Morgan fingerprint density at radius 1 is 1.14 bits per heavy atom. The van der Waals surface area contributed by atoms with Gasteiger partial charge >= 0.3 is 0 Å². The van der Waals surface area contributed by atoms with Crippen LogP contribution < -0.4 is 4.90 Å². The van der Waals surface area contributed by atoms with Crippen LogP contribution in [0.4, 0.5) is 5.69 Å². The summed E-state index contributed by atoms with van der Waals surface area (Å²) in [5.41, 5.74) is 6.32. The van der Waals surface area contributed by atoms with Crippen LogP contribution in [0.2, 0.25) is 0 Å². The van der Waals surface area contributed by atoms with Crippen LogP contribution >= 0.6 is 0 Å². The Labute approximate surface area is 163 Å². The molecule has 28 heavy (non-hydrogen) atoms. The van der Waals surface area contributed by atoms with E-state index in [-0.39, 0.29) is 0 Å². The molecule has 1 atom stereocenters. The van der Waals surface area contributed by atoms with Gasteiger partial charge in [0, 0.05) is 54.2 Å². The second-order valence-electron chi connectivity index (χ2n) is 7.30. The number of aryl methyl sites for hydroxylation is 1. The molecule has 4 aromatic rings. The highest BCUT2D eigenvalue weighted by atomic mass is 16.5. The second-order valence-corrected chi connectivity index (χ2v) is 7.30. The van der Waals surface area contributed by atoms with Gasteiger partial charge in [-0.15, -0.1) is 0 Å². The molecular weight excluding hydrogens is 350 g/mol. The van der Waals surface area contributed by atoms with Gasteiger partial charge in [-0.25, -0.2) is 4.98 Å². The highest BCUT2D eigenvalue weighted by molar-refractivity contribution is 5.95. The molecule has 1 aromatic carbocycles. The van der Waals surface area contributed by atoms with E-state index in [0.717, 1.165) is 47.9 Å². The standard InChI is InChI=1S/C22H23N5O/c1-15-14-28-11-10-27(15)16-12-20(17-4-3-5-19-18(17)6-8-23-19)25-21(13-16)22-7-9-24-26(22)2/h3-9,12-13,15,23H,10-11,14H2,1-2H3. The summed E-state index contributed by atoms with van der Waals surface area (Å²) in [5, 5.41) is 5.51. The molecular formula is C22H23N5O. The first kappa shape index (κ1) is 17.0. The van der Waals surface area contributed by atoms with E-state index >= 15 is 0 Å². The maximum absolute atomic E-state index is 5.64. The molecule has 0 radical (unpaired) electrons. The molecule has 1 saturated heterocycles. The molecule has 1 unspecified atom stereocenters. The zero-order valence-corrected chi connectivity index (χ0v) is 16.1. The zero-order chi connectivity index (χ0) is 19.1. The Bertz CT molecular complexity index is 1130. The van der Waals surface area contributed by atoms with E-state index in [2.05, 4.69) is 58.3 Å². The van der Waals surface area contributed by atoms with Crippen molar-refractivity contribution in [3.8, 4) is 22.6 Å². The molecule has 0 saturated carbocycles. The molecule has 6 heteroatoms. The smallest absolute Gasteiger partial charge is 0.0911 e. The van der Waals surface area contributed by atoms with Crippen LogP contribution in [0.25, 0.3) is 33.5 Å². The number of hydrogen-bond donors (Lipinski definition) is 1. The molecule has 6 nitrogen and oxygen atoms in total. The lowest BCUT2D eigenvalue weighted by molar-refractivity contribution is 0.0989. The van der Waals surface area contributed by atoms with Crippen molar-refractivity contribution in [2.24, 2.45) is 7.05 Å². The molecule has 1 aliphatic rings. The van der Waals surface area contributed by atoms with E-state index < -0.39 is 0 Å². The predicted octanol–water partition coefficient (Wildman–Crippen LogP) is 3.86. The highest BCUT2D eigenvalue weighted by Crippen LogP contribution is 2.33. The molecule has 1 aliphatic heterocycles. The number of ether oxygens (including phenoxy) is 1. The summed E-state index contributed by atoms with van der Waals surface area (Å²) in [7, 11) is 1.95. The summed E-state index contributed by atoms with van der Waals surface area (Å²) >= 11 is 0. The number of H-pyrrole nitrogens is 1. The van der Waals surface area contributed by atoms with Gasteiger partial charge in [0.15, 0.2) is 0 Å². The normalized spacial score (nSPS) is 17.4. The van der Waals surface area contributed by atoms with E-state index in [1.165, 1.54) is 11.1 Å². The van der Waals surface area contributed by atoms with Crippen molar-refractivity contribution >= 4 is 16.6 Å². The number of morpholine rings is 1. The van der Waals surface area contributed by atoms with E-state index in [1.807, 2.05) is 30.2 Å². The molecule has 0 spiro atoms. The van der Waals surface area contributed by atoms with E-state index in [9.17, 15) is 0 Å². The van der Waals surface area contributed by atoms with Crippen LogP contribution in [-0.2, 0) is 11.8 Å². The average Bonchev–Trinajstić information content (AvgIpc) is 3.36. The average molecular weight is 373 g/mol. The Morgan fingerprint density at radius 3 is 2.86 bits per heavy atom. The Morgan fingerprint density at radius 2 is 2.04 bits per heavy atom. The topological polar surface area (TPSA) is 59.0 Å². The minimum absolute atomic E-state index is 0.325. The van der Waals surface area contributed by atoms with Crippen LogP contribution in [0, 0.1) is 0 Å². The number of aromatic nitrogens is 4. The minimum atomic E-state index is 0.325. The van der Waals surface area contributed by atoms with Gasteiger partial charge in [0.25, 0.3) is 0 Å². The lowest BCUT2D eigenvalue weighted by atomic mass is 10.0. The molecule has 142 valence electrons. The van der Waals surface area contributed by atoms with Crippen molar-refractivity contribution in [1.82, 2.24) is 19.7 Å². The van der Waals surface area contributed by atoms with E-state index in [0.29, 0.717) is 6.04 Å². The van der Waals surface area contributed by atoms with Gasteiger partial charge in [0.05, 0.1) is 30.3 Å². The number of aromatic amines is 1. The number of nitrogens with zero attached hydrogens (tertiary/aromatic N) is 4. The maximum Gasteiger partial charge on any atom is 0.0911 e. The molecule has 1 N–H and O–H groups in total. The number of anilines is 1. The summed E-state index contributed by atoms with van der Waals surface area (Å²) in [6.45, 7) is 4.57. The van der Waals surface area contributed by atoms with Gasteiger partial charge in [-0.2, -0.15) is 5.10 Å². The third-order valence-corrected chi connectivity index (χ3v) is 5.46. The molecule has 3 aromatic heterocycles. The first-order valence-electron chi connectivity index (χ1n) is 9.62. The molecule has 0 bridgehead atoms. The van der Waals surface area contributed by atoms with E-state index in [1.54, 1.807) is 0 Å². The number of nitrogens with one attached hydrogen (secondary N) is 1. The molecule has 5 rings (SSSR count). The van der Waals surface area contributed by atoms with Crippen molar-refractivity contribution in [2.75, 3.05) is 24.7 Å². The van der Waals surface area contributed by atoms with Gasteiger partial charge in [-0.3, -0.25) is 4.68 Å². The van der Waals surface area contributed by atoms with Crippen molar-refractivity contribution in [3.63, 3.8) is 0 Å². The summed E-state index contributed by atoms with van der Waals surface area (Å²) in [5.74, 6) is 0. The first-order valence-corrected chi connectivity index (χ1v) is 9.62. The third kappa shape index (κ3) is 2.86. The van der Waals surface area contributed by atoms with Gasteiger partial charge < -0.3 is 14.6 Å². The van der Waals surface area contributed by atoms with Gasteiger partial charge in [0.2, 0.25) is 0 Å². The number of hydrogen-bond acceptors (Lipinski definition) is 4. The summed E-state index contributed by atoms with van der Waals surface area (Å²) in [4.78, 5) is 10.7. The zero-order valence-electron chi connectivity index (χ0n) is 16.1. The minimum Gasteiger partial charge on any atom is -0.377 e. The first-order chi connectivity index (χ1) is 13.7. The number of rotatable bonds is 3. The molecule has 4 heterocycles. The number of pyridine rings is 1. The molecule has 0 amide bonds. The van der Waals surface area contributed by atoms with Crippen molar-refractivity contribution in [1.29, 1.82) is 0 Å². The Hall–Kier alpha value is -3.12. The van der Waals surface area contributed by atoms with Crippen LogP contribution in [0.1, 0.15) is 6.92 Å². The fourth-order valence-electron chi connectivity index (χ4n) is 4.00. The third-order valence-electron chi connectivity index (χ3n) is 5.46. The maximum atomic E-state index is 5.64. The van der Waals surface area contributed by atoms with Crippen LogP contribution in [0.5, 0.6) is 0 Å². The number of benzene rings is 1. The Balaban J connectivity index is 1.71. The summed E-state index contributed by atoms with van der Waals surface area (Å²) < 4.78 is 7.51. The van der Waals surface area contributed by atoms with Gasteiger partial charge in [-0.1, -0.05) is 12.1 Å². The van der Waals surface area contributed by atoms with Crippen molar-refractivity contribution in [2.45, 2.75) is 13.0 Å². The van der Waals surface area contributed by atoms with Gasteiger partial charge in [-0.05, 0) is 37.3 Å². The van der Waals surface area contributed by atoms with Crippen molar-refractivity contribution in [3.05, 3.63) is 54.9 Å². The summed E-state index contributed by atoms with van der Waals surface area (Å²) in [6, 6.07) is 15.1. The monoisotopic (exact) mass is 373 g/mol. The fourth-order valence-corrected chi connectivity index (χ4v) is 4.00. The quantitative estimate of drug-likeness (QED) is 0.592. The Kier molecular flexibility index (Phi) is 4.13. The van der Waals surface area contributed by atoms with E-state index in [4.69, 9.17) is 9.72 Å². The van der Waals surface area contributed by atoms with Crippen LogP contribution in [0.3, 0.4) is 0 Å².